The number of amides is 1. The second-order valence-corrected chi connectivity index (χ2v) is 10.7. The first-order valence-corrected chi connectivity index (χ1v) is 13.4. The molecule has 4 rings (SSSR count). The molecule has 34 heavy (non-hydrogen) atoms. The van der Waals surface area contributed by atoms with E-state index in [4.69, 9.17) is 9.47 Å². The first kappa shape index (κ1) is 24.3. The van der Waals surface area contributed by atoms with Gasteiger partial charge in [0.15, 0.2) is 5.75 Å². The molecule has 9 heteroatoms. The van der Waals surface area contributed by atoms with Gasteiger partial charge in [0.25, 0.3) is 0 Å². The molecule has 0 saturated carbocycles. The number of sulfonamides is 1. The van der Waals surface area contributed by atoms with Crippen molar-refractivity contribution in [3.8, 4) is 11.5 Å². The number of anilines is 1. The zero-order valence-electron chi connectivity index (χ0n) is 18.6. The Balaban J connectivity index is 1.52. The lowest BCUT2D eigenvalue weighted by Gasteiger charge is -2.26. The SMILES string of the molecule is O=C(CCSc1ccccc1)Nc1cc(S(=O)(=O)N2CCOCC2)ccc1Oc1ccccc1. The maximum atomic E-state index is 13.1. The maximum absolute atomic E-state index is 13.1. The zero-order chi connectivity index (χ0) is 23.8. The molecule has 0 unspecified atom stereocenters. The lowest BCUT2D eigenvalue weighted by atomic mass is 10.2. The fourth-order valence-corrected chi connectivity index (χ4v) is 5.71. The molecule has 3 aromatic carbocycles. The zero-order valence-corrected chi connectivity index (χ0v) is 20.2. The molecule has 1 N–H and O–H groups in total. The fourth-order valence-electron chi connectivity index (χ4n) is 3.40. The van der Waals surface area contributed by atoms with Crippen LogP contribution in [0.1, 0.15) is 6.42 Å². The van der Waals surface area contributed by atoms with Gasteiger partial charge in [0.2, 0.25) is 15.9 Å². The number of hydrogen-bond acceptors (Lipinski definition) is 6. The number of rotatable bonds is 9. The van der Waals surface area contributed by atoms with E-state index in [1.807, 2.05) is 48.5 Å². The smallest absolute Gasteiger partial charge is 0.243 e. The number of benzene rings is 3. The summed E-state index contributed by atoms with van der Waals surface area (Å²) in [5, 5.41) is 2.85. The molecule has 0 radical (unpaired) electrons. The summed E-state index contributed by atoms with van der Waals surface area (Å²) in [5.74, 6) is 1.33. The number of nitrogens with one attached hydrogen (secondary N) is 1. The van der Waals surface area contributed by atoms with E-state index in [2.05, 4.69) is 5.32 Å². The van der Waals surface area contributed by atoms with Crippen molar-refractivity contribution in [2.45, 2.75) is 16.2 Å². The van der Waals surface area contributed by atoms with E-state index in [-0.39, 0.29) is 17.2 Å². The molecule has 0 aliphatic carbocycles. The van der Waals surface area contributed by atoms with Crippen molar-refractivity contribution in [2.75, 3.05) is 37.4 Å². The number of thioether (sulfide) groups is 1. The van der Waals surface area contributed by atoms with E-state index in [0.29, 0.717) is 49.2 Å². The van der Waals surface area contributed by atoms with Gasteiger partial charge < -0.3 is 14.8 Å². The minimum Gasteiger partial charge on any atom is -0.455 e. The van der Waals surface area contributed by atoms with E-state index in [9.17, 15) is 13.2 Å². The molecular weight excluding hydrogens is 472 g/mol. The van der Waals surface area contributed by atoms with Crippen LogP contribution in [-0.2, 0) is 19.6 Å². The molecule has 0 spiro atoms. The van der Waals surface area contributed by atoms with Crippen molar-refractivity contribution in [1.82, 2.24) is 4.31 Å². The van der Waals surface area contributed by atoms with E-state index < -0.39 is 10.0 Å². The molecule has 1 saturated heterocycles. The Morgan fingerprint density at radius 2 is 1.65 bits per heavy atom. The van der Waals surface area contributed by atoms with Crippen LogP contribution >= 0.6 is 11.8 Å². The highest BCUT2D eigenvalue weighted by molar-refractivity contribution is 7.99. The van der Waals surface area contributed by atoms with Crippen LogP contribution < -0.4 is 10.1 Å². The monoisotopic (exact) mass is 498 g/mol. The van der Waals surface area contributed by atoms with E-state index in [1.54, 1.807) is 30.0 Å². The van der Waals surface area contributed by atoms with Crippen LogP contribution in [0, 0.1) is 0 Å². The molecule has 178 valence electrons. The minimum absolute atomic E-state index is 0.101. The molecule has 1 aliphatic heterocycles. The molecule has 1 fully saturated rings. The summed E-state index contributed by atoms with van der Waals surface area (Å²) >= 11 is 1.59. The van der Waals surface area contributed by atoms with Crippen LogP contribution in [0.4, 0.5) is 5.69 Å². The van der Waals surface area contributed by atoms with Crippen molar-refractivity contribution in [3.05, 3.63) is 78.9 Å². The van der Waals surface area contributed by atoms with E-state index in [1.165, 1.54) is 16.4 Å². The summed E-state index contributed by atoms with van der Waals surface area (Å²) in [5.41, 5.74) is 0.313. The third-order valence-corrected chi connectivity index (χ3v) is 8.05. The average Bonchev–Trinajstić information content (AvgIpc) is 2.87. The van der Waals surface area contributed by atoms with Gasteiger partial charge in [-0.05, 0) is 42.5 Å². The Kier molecular flexibility index (Phi) is 8.23. The van der Waals surface area contributed by atoms with Crippen molar-refractivity contribution in [1.29, 1.82) is 0 Å². The Morgan fingerprint density at radius 3 is 2.35 bits per heavy atom. The van der Waals surface area contributed by atoms with Gasteiger partial charge >= 0.3 is 0 Å². The number of morpholine rings is 1. The van der Waals surface area contributed by atoms with Gasteiger partial charge in [-0.1, -0.05) is 36.4 Å². The van der Waals surface area contributed by atoms with Gasteiger partial charge in [-0.3, -0.25) is 4.79 Å². The molecule has 1 aliphatic rings. The number of para-hydroxylation sites is 1. The van der Waals surface area contributed by atoms with Crippen molar-refractivity contribution in [2.24, 2.45) is 0 Å². The largest absolute Gasteiger partial charge is 0.455 e. The maximum Gasteiger partial charge on any atom is 0.243 e. The van der Waals surface area contributed by atoms with Crippen molar-refractivity contribution >= 4 is 33.4 Å². The lowest BCUT2D eigenvalue weighted by Crippen LogP contribution is -2.40. The van der Waals surface area contributed by atoms with Gasteiger partial charge in [-0.15, -0.1) is 11.8 Å². The summed E-state index contributed by atoms with van der Waals surface area (Å²) in [6.45, 7) is 1.31. The molecule has 3 aromatic rings. The second kappa shape index (κ2) is 11.5. The Bertz CT molecular complexity index is 1200. The van der Waals surface area contributed by atoms with Gasteiger partial charge in [0, 0.05) is 30.2 Å². The van der Waals surface area contributed by atoms with Crippen LogP contribution in [-0.4, -0.2) is 50.7 Å². The highest BCUT2D eigenvalue weighted by Crippen LogP contribution is 2.33. The number of hydrogen-bond donors (Lipinski definition) is 1. The Labute approximate surface area is 204 Å². The summed E-state index contributed by atoms with van der Waals surface area (Å²) in [4.78, 5) is 13.9. The summed E-state index contributed by atoms with van der Waals surface area (Å²) in [7, 11) is -3.72. The molecular formula is C25H26N2O5S2. The minimum atomic E-state index is -3.72. The van der Waals surface area contributed by atoms with Crippen molar-refractivity contribution < 1.29 is 22.7 Å². The summed E-state index contributed by atoms with van der Waals surface area (Å²) in [6, 6.07) is 23.5. The van der Waals surface area contributed by atoms with Crippen molar-refractivity contribution in [3.63, 3.8) is 0 Å². The molecule has 1 heterocycles. The predicted octanol–water partition coefficient (Wildman–Crippen LogP) is 4.62. The van der Waals surface area contributed by atoms with Gasteiger partial charge in [0.05, 0.1) is 23.8 Å². The highest BCUT2D eigenvalue weighted by Gasteiger charge is 2.27. The first-order valence-electron chi connectivity index (χ1n) is 10.9. The predicted molar refractivity (Wildman–Crippen MR) is 133 cm³/mol. The van der Waals surface area contributed by atoms with Crippen LogP contribution in [0.25, 0.3) is 0 Å². The van der Waals surface area contributed by atoms with E-state index in [0.717, 1.165) is 4.90 Å². The van der Waals surface area contributed by atoms with E-state index >= 15 is 0 Å². The summed E-state index contributed by atoms with van der Waals surface area (Å²) in [6.07, 6.45) is 0.269. The Hall–Kier alpha value is -2.85. The van der Waals surface area contributed by atoms with Gasteiger partial charge in [-0.2, -0.15) is 4.31 Å². The normalized spacial score (nSPS) is 14.5. The Morgan fingerprint density at radius 1 is 0.971 bits per heavy atom. The van der Waals surface area contributed by atoms with Crippen LogP contribution in [0.3, 0.4) is 0 Å². The van der Waals surface area contributed by atoms with Crippen LogP contribution in [0.2, 0.25) is 0 Å². The fraction of sp³-hybridized carbons (Fsp3) is 0.240. The van der Waals surface area contributed by atoms with Crippen LogP contribution in [0.5, 0.6) is 11.5 Å². The quantitative estimate of drug-likeness (QED) is 0.434. The number of carbonyl (C=O) groups excluding carboxylic acids is 1. The average molecular weight is 499 g/mol. The van der Waals surface area contributed by atoms with Gasteiger partial charge in [-0.25, -0.2) is 8.42 Å². The molecule has 1 amide bonds. The third kappa shape index (κ3) is 6.38. The topological polar surface area (TPSA) is 84.9 Å². The standard InChI is InChI=1S/C25H26N2O5S2/c28-25(13-18-33-21-9-5-2-6-10-21)26-23-19-22(34(29,30)27-14-16-31-17-15-27)11-12-24(23)32-20-7-3-1-4-8-20/h1-12,19H,13-18H2,(H,26,28). The molecule has 0 aromatic heterocycles. The number of ether oxygens (including phenoxy) is 2. The summed E-state index contributed by atoms with van der Waals surface area (Å²) < 4.78 is 38.9. The number of carbonyl (C=O) groups is 1. The molecule has 0 bridgehead atoms. The lowest BCUT2D eigenvalue weighted by molar-refractivity contribution is -0.115. The van der Waals surface area contributed by atoms with Crippen LogP contribution in [0.15, 0.2) is 88.7 Å². The molecule has 0 atom stereocenters. The van der Waals surface area contributed by atoms with Gasteiger partial charge in [0.1, 0.15) is 5.75 Å². The third-order valence-electron chi connectivity index (χ3n) is 5.15. The highest BCUT2D eigenvalue weighted by atomic mass is 32.2. The first-order chi connectivity index (χ1) is 16.5. The second-order valence-electron chi connectivity index (χ2n) is 7.55. The molecule has 7 nitrogen and oxygen atoms in total. The number of nitrogens with zero attached hydrogens (tertiary/aromatic N) is 1.